The Labute approximate surface area is 131 Å². The van der Waals surface area contributed by atoms with E-state index in [4.69, 9.17) is 0 Å². The summed E-state index contributed by atoms with van der Waals surface area (Å²) in [5.74, 6) is -0.169. The maximum absolute atomic E-state index is 12.7. The highest BCUT2D eigenvalue weighted by molar-refractivity contribution is 7.10. The first kappa shape index (κ1) is 13.3. The van der Waals surface area contributed by atoms with Gasteiger partial charge in [0.15, 0.2) is 0 Å². The van der Waals surface area contributed by atoms with Crippen molar-refractivity contribution < 1.29 is 4.79 Å². The maximum atomic E-state index is 12.7. The molecule has 3 heterocycles. The molecule has 112 valence electrons. The molecule has 0 radical (unpaired) electrons. The molecule has 1 amide bonds. The van der Waals surface area contributed by atoms with Gasteiger partial charge in [-0.15, -0.1) is 0 Å². The molecule has 1 aliphatic rings. The molecule has 0 spiro atoms. The lowest BCUT2D eigenvalue weighted by Crippen LogP contribution is -2.22. The van der Waals surface area contributed by atoms with Gasteiger partial charge in [-0.2, -0.15) is 4.37 Å². The van der Waals surface area contributed by atoms with Gasteiger partial charge >= 0.3 is 0 Å². The van der Waals surface area contributed by atoms with E-state index in [1.807, 2.05) is 25.3 Å². The van der Waals surface area contributed by atoms with E-state index in [2.05, 4.69) is 33.0 Å². The van der Waals surface area contributed by atoms with E-state index >= 15 is 0 Å². The van der Waals surface area contributed by atoms with Crippen molar-refractivity contribution in [3.05, 3.63) is 41.2 Å². The van der Waals surface area contributed by atoms with Gasteiger partial charge in [-0.3, -0.25) is 4.79 Å². The number of aromatic nitrogens is 2. The molecule has 4 rings (SSSR count). The number of carbonyl (C=O) groups is 1. The van der Waals surface area contributed by atoms with Crippen molar-refractivity contribution in [1.82, 2.24) is 9.36 Å². The smallest absolute Gasteiger partial charge is 0.234 e. The number of amides is 1. The summed E-state index contributed by atoms with van der Waals surface area (Å²) in [4.78, 5) is 15.9. The second-order valence-corrected chi connectivity index (χ2v) is 6.48. The van der Waals surface area contributed by atoms with Gasteiger partial charge in [-0.25, -0.2) is 0 Å². The highest BCUT2D eigenvalue weighted by atomic mass is 32.1. The van der Waals surface area contributed by atoms with Gasteiger partial charge in [0.05, 0.1) is 11.6 Å². The zero-order chi connectivity index (χ0) is 15.3. The van der Waals surface area contributed by atoms with Gasteiger partial charge in [0.25, 0.3) is 0 Å². The molecule has 1 atom stereocenters. The van der Waals surface area contributed by atoms with Crippen LogP contribution in [0.5, 0.6) is 0 Å². The molecule has 3 N–H and O–H groups in total. The van der Waals surface area contributed by atoms with Crippen molar-refractivity contribution in [2.45, 2.75) is 19.8 Å². The minimum absolute atomic E-state index is 0.0150. The van der Waals surface area contributed by atoms with E-state index < -0.39 is 0 Å². The van der Waals surface area contributed by atoms with E-state index in [9.17, 15) is 4.79 Å². The van der Waals surface area contributed by atoms with Crippen molar-refractivity contribution in [3.63, 3.8) is 0 Å². The maximum Gasteiger partial charge on any atom is 0.234 e. The number of nitrogens with zero attached hydrogens (tertiary/aromatic N) is 1. The highest BCUT2D eigenvalue weighted by Gasteiger charge is 2.31. The quantitative estimate of drug-likeness (QED) is 0.679. The van der Waals surface area contributed by atoms with Gasteiger partial charge in [0, 0.05) is 29.3 Å². The molecule has 1 aliphatic heterocycles. The van der Waals surface area contributed by atoms with E-state index in [1.54, 1.807) is 0 Å². The number of carbonyl (C=O) groups excluding carboxylic acids is 1. The van der Waals surface area contributed by atoms with Crippen molar-refractivity contribution in [1.29, 1.82) is 0 Å². The number of anilines is 2. The lowest BCUT2D eigenvalue weighted by Gasteiger charge is -2.11. The number of H-pyrrole nitrogens is 1. The zero-order valence-electron chi connectivity index (χ0n) is 12.4. The largest absolute Gasteiger partial charge is 0.384 e. The molecule has 0 saturated heterocycles. The average Bonchev–Trinajstić information content (AvgIpc) is 3.17. The number of benzene rings is 1. The van der Waals surface area contributed by atoms with Gasteiger partial charge in [0.1, 0.15) is 5.00 Å². The fourth-order valence-electron chi connectivity index (χ4n) is 3.12. The number of hydrogen-bond acceptors (Lipinski definition) is 4. The van der Waals surface area contributed by atoms with Crippen LogP contribution >= 0.6 is 11.5 Å². The highest BCUT2D eigenvalue weighted by Crippen LogP contribution is 2.39. The second kappa shape index (κ2) is 4.84. The second-order valence-electron chi connectivity index (χ2n) is 5.68. The van der Waals surface area contributed by atoms with Crippen LogP contribution in [0.25, 0.3) is 10.9 Å². The van der Waals surface area contributed by atoms with Gasteiger partial charge in [-0.1, -0.05) is 0 Å². The average molecular weight is 312 g/mol. The van der Waals surface area contributed by atoms with Crippen molar-refractivity contribution >= 4 is 39.0 Å². The van der Waals surface area contributed by atoms with E-state index in [0.29, 0.717) is 6.54 Å². The molecule has 0 bridgehead atoms. The van der Waals surface area contributed by atoms with Crippen LogP contribution in [0.15, 0.2) is 24.4 Å². The van der Waals surface area contributed by atoms with Crippen LogP contribution in [-0.2, 0) is 4.79 Å². The third kappa shape index (κ3) is 1.99. The molecule has 2 aromatic heterocycles. The Hall–Kier alpha value is -2.34. The summed E-state index contributed by atoms with van der Waals surface area (Å²) in [5.41, 5.74) is 5.36. The number of aryl methyl sites for hydroxylation is 2. The van der Waals surface area contributed by atoms with E-state index in [1.165, 1.54) is 17.1 Å². The molecule has 6 heteroatoms. The Kier molecular flexibility index (Phi) is 2.94. The summed E-state index contributed by atoms with van der Waals surface area (Å²) in [6.07, 6.45) is 1.93. The molecule has 3 aromatic rings. The van der Waals surface area contributed by atoms with E-state index in [-0.39, 0.29) is 11.8 Å². The first-order valence-corrected chi connectivity index (χ1v) is 7.99. The van der Waals surface area contributed by atoms with Crippen LogP contribution < -0.4 is 10.6 Å². The first-order chi connectivity index (χ1) is 10.6. The topological polar surface area (TPSA) is 69.8 Å². The Morgan fingerprint density at radius 3 is 3.05 bits per heavy atom. The summed E-state index contributed by atoms with van der Waals surface area (Å²) in [5, 5.41) is 8.27. The molecule has 0 saturated carbocycles. The Balaban J connectivity index is 1.72. The van der Waals surface area contributed by atoms with Gasteiger partial charge < -0.3 is 15.6 Å². The fraction of sp³-hybridized carbons (Fsp3) is 0.250. The minimum atomic E-state index is -0.184. The van der Waals surface area contributed by atoms with Crippen molar-refractivity contribution in [3.8, 4) is 0 Å². The summed E-state index contributed by atoms with van der Waals surface area (Å²) in [6.45, 7) is 4.63. The van der Waals surface area contributed by atoms with Gasteiger partial charge in [-0.05, 0) is 54.7 Å². The lowest BCUT2D eigenvalue weighted by molar-refractivity contribution is -0.117. The Morgan fingerprint density at radius 1 is 1.41 bits per heavy atom. The van der Waals surface area contributed by atoms with Crippen LogP contribution in [0.2, 0.25) is 0 Å². The SMILES string of the molecule is Cc1cc(NC(=O)C2CNc3cc(C)c4[nH]ccc4c32)sn1. The number of aromatic amines is 1. The Morgan fingerprint density at radius 2 is 2.27 bits per heavy atom. The number of fused-ring (bicyclic) bond motifs is 3. The monoisotopic (exact) mass is 312 g/mol. The molecule has 0 aliphatic carbocycles. The lowest BCUT2D eigenvalue weighted by atomic mass is 9.95. The Bertz CT molecular complexity index is 880. The zero-order valence-corrected chi connectivity index (χ0v) is 13.2. The van der Waals surface area contributed by atoms with Crippen LogP contribution in [0.1, 0.15) is 22.7 Å². The first-order valence-electron chi connectivity index (χ1n) is 7.22. The summed E-state index contributed by atoms with van der Waals surface area (Å²) in [6, 6.07) is 6.05. The molecule has 1 unspecified atom stereocenters. The number of nitrogens with one attached hydrogen (secondary N) is 3. The summed E-state index contributed by atoms with van der Waals surface area (Å²) in [7, 11) is 0. The molecule has 5 nitrogen and oxygen atoms in total. The van der Waals surface area contributed by atoms with Crippen LogP contribution in [0, 0.1) is 13.8 Å². The molecular weight excluding hydrogens is 296 g/mol. The third-order valence-electron chi connectivity index (χ3n) is 4.12. The molecule has 0 fully saturated rings. The summed E-state index contributed by atoms with van der Waals surface area (Å²) < 4.78 is 4.20. The molecular formula is C16H16N4OS. The van der Waals surface area contributed by atoms with Crippen LogP contribution in [-0.4, -0.2) is 21.8 Å². The minimum Gasteiger partial charge on any atom is -0.384 e. The summed E-state index contributed by atoms with van der Waals surface area (Å²) >= 11 is 1.32. The fourth-order valence-corrected chi connectivity index (χ4v) is 3.79. The van der Waals surface area contributed by atoms with Crippen LogP contribution in [0.4, 0.5) is 10.7 Å². The van der Waals surface area contributed by atoms with Crippen molar-refractivity contribution in [2.24, 2.45) is 0 Å². The van der Waals surface area contributed by atoms with Crippen molar-refractivity contribution in [2.75, 3.05) is 17.2 Å². The standard InChI is InChI=1S/C16H16N4OS/c1-8-5-12-14(10-3-4-17-15(8)10)11(7-18-12)16(21)19-13-6-9(2)20-22-13/h3-6,11,17-18H,7H2,1-2H3,(H,19,21). The number of rotatable bonds is 2. The predicted molar refractivity (Wildman–Crippen MR) is 89.7 cm³/mol. The normalized spacial score (nSPS) is 16.5. The van der Waals surface area contributed by atoms with Crippen LogP contribution in [0.3, 0.4) is 0 Å². The third-order valence-corrected chi connectivity index (χ3v) is 4.91. The molecule has 22 heavy (non-hydrogen) atoms. The predicted octanol–water partition coefficient (Wildman–Crippen LogP) is 3.39. The van der Waals surface area contributed by atoms with E-state index in [0.717, 1.165) is 32.8 Å². The number of hydrogen-bond donors (Lipinski definition) is 3. The van der Waals surface area contributed by atoms with Gasteiger partial charge in [0.2, 0.25) is 5.91 Å². The molecule has 1 aromatic carbocycles.